The van der Waals surface area contributed by atoms with E-state index >= 15 is 0 Å². The first-order valence-electron chi connectivity index (χ1n) is 17.4. The summed E-state index contributed by atoms with van der Waals surface area (Å²) in [5, 5.41) is 15.9. The van der Waals surface area contributed by atoms with Gasteiger partial charge >= 0.3 is 6.03 Å². The Kier molecular flexibility index (Phi) is 14.2. The van der Waals surface area contributed by atoms with Crippen molar-refractivity contribution in [2.45, 2.75) is 90.4 Å². The standard InChI is InChI=1S/C37H56N4O6/c1-26-22-41(27(2)25-42)36(43)33-21-31(39-37(44)38-30-14-17-32(45-5)18-15-30)16-19-34(33)47-28(3)11-9-10-20-46-35(26)24-40(4)23-29-12-7-6-8-13-29/h14-19,21,26-29,35,42H,6-13,20,22-25H2,1-5H3,(H2,38,39,44)/t26-,27-,28+,35-/m0/s1. The molecule has 0 unspecified atom stereocenters. The first-order valence-corrected chi connectivity index (χ1v) is 17.4. The Morgan fingerprint density at radius 3 is 2.38 bits per heavy atom. The maximum Gasteiger partial charge on any atom is 0.323 e. The number of rotatable bonds is 9. The van der Waals surface area contributed by atoms with Crippen LogP contribution in [-0.4, -0.2) is 92.1 Å². The molecule has 47 heavy (non-hydrogen) atoms. The molecule has 1 saturated carbocycles. The van der Waals surface area contributed by atoms with Gasteiger partial charge in [0.25, 0.3) is 5.91 Å². The minimum absolute atomic E-state index is 0.0181. The summed E-state index contributed by atoms with van der Waals surface area (Å²) in [4.78, 5) is 31.4. The summed E-state index contributed by atoms with van der Waals surface area (Å²) >= 11 is 0. The van der Waals surface area contributed by atoms with E-state index in [0.717, 1.165) is 38.3 Å². The molecule has 1 heterocycles. The summed E-state index contributed by atoms with van der Waals surface area (Å²) in [6, 6.07) is 11.3. The van der Waals surface area contributed by atoms with E-state index < -0.39 is 12.1 Å². The van der Waals surface area contributed by atoms with E-state index in [1.54, 1.807) is 54.5 Å². The second-order valence-electron chi connectivity index (χ2n) is 13.5. The van der Waals surface area contributed by atoms with E-state index in [-0.39, 0.29) is 30.6 Å². The van der Waals surface area contributed by atoms with E-state index in [0.29, 0.717) is 41.6 Å². The Morgan fingerprint density at radius 1 is 1.00 bits per heavy atom. The Balaban J connectivity index is 1.55. The van der Waals surface area contributed by atoms with Crippen LogP contribution in [-0.2, 0) is 4.74 Å². The number of nitrogens with zero attached hydrogens (tertiary/aromatic N) is 2. The molecule has 2 aromatic rings. The topological polar surface area (TPSA) is 113 Å². The van der Waals surface area contributed by atoms with Crippen LogP contribution in [0, 0.1) is 11.8 Å². The summed E-state index contributed by atoms with van der Waals surface area (Å²) < 4.78 is 18.1. The molecule has 0 spiro atoms. The van der Waals surface area contributed by atoms with Gasteiger partial charge < -0.3 is 39.8 Å². The van der Waals surface area contributed by atoms with Crippen LogP contribution in [0.4, 0.5) is 16.2 Å². The van der Waals surface area contributed by atoms with Crippen LogP contribution in [0.25, 0.3) is 0 Å². The van der Waals surface area contributed by atoms with E-state index in [9.17, 15) is 14.7 Å². The van der Waals surface area contributed by atoms with Gasteiger partial charge in [0.1, 0.15) is 11.5 Å². The molecule has 3 amide bonds. The van der Waals surface area contributed by atoms with Crippen LogP contribution in [0.15, 0.2) is 42.5 Å². The molecule has 260 valence electrons. The van der Waals surface area contributed by atoms with Gasteiger partial charge in [-0.2, -0.15) is 0 Å². The Labute approximate surface area is 281 Å². The molecule has 1 aliphatic carbocycles. The molecule has 10 heteroatoms. The number of likely N-dealkylation sites (N-methyl/N-ethyl adjacent to an activating group) is 1. The number of aliphatic hydroxyl groups excluding tert-OH is 1. The average molecular weight is 653 g/mol. The number of fused-ring (bicyclic) bond motifs is 1. The quantitative estimate of drug-likeness (QED) is 0.278. The third-order valence-corrected chi connectivity index (χ3v) is 9.44. The number of methoxy groups -OCH3 is 1. The largest absolute Gasteiger partial charge is 0.497 e. The predicted molar refractivity (Wildman–Crippen MR) is 187 cm³/mol. The number of hydrogen-bond donors (Lipinski definition) is 3. The van der Waals surface area contributed by atoms with Crippen LogP contribution in [0.5, 0.6) is 11.5 Å². The van der Waals surface area contributed by atoms with Gasteiger partial charge in [-0.25, -0.2) is 4.79 Å². The number of benzene rings is 2. The molecule has 1 aliphatic heterocycles. The number of hydrogen-bond acceptors (Lipinski definition) is 7. The first kappa shape index (κ1) is 36.5. The van der Waals surface area contributed by atoms with Gasteiger partial charge in [-0.3, -0.25) is 4.79 Å². The molecule has 4 atom stereocenters. The fraction of sp³-hybridized carbons (Fsp3) is 0.622. The Hall–Kier alpha value is -3.34. The molecular formula is C37H56N4O6. The van der Waals surface area contributed by atoms with Gasteiger partial charge in [0.05, 0.1) is 37.5 Å². The van der Waals surface area contributed by atoms with Gasteiger partial charge in [-0.15, -0.1) is 0 Å². The molecule has 2 aliphatic rings. The normalized spacial score (nSPS) is 22.5. The zero-order valence-corrected chi connectivity index (χ0v) is 29.0. The molecule has 10 nitrogen and oxygen atoms in total. The van der Waals surface area contributed by atoms with Crippen LogP contribution >= 0.6 is 0 Å². The summed E-state index contributed by atoms with van der Waals surface area (Å²) in [6.07, 6.45) is 9.08. The summed E-state index contributed by atoms with van der Waals surface area (Å²) in [5.41, 5.74) is 1.40. The highest BCUT2D eigenvalue weighted by Gasteiger charge is 2.31. The van der Waals surface area contributed by atoms with Crippen LogP contribution < -0.4 is 20.1 Å². The van der Waals surface area contributed by atoms with E-state index in [1.165, 1.54) is 32.1 Å². The second-order valence-corrected chi connectivity index (χ2v) is 13.5. The highest BCUT2D eigenvalue weighted by atomic mass is 16.5. The van der Waals surface area contributed by atoms with Crippen molar-refractivity contribution in [3.63, 3.8) is 0 Å². The van der Waals surface area contributed by atoms with Crippen molar-refractivity contribution in [2.75, 3.05) is 57.6 Å². The Morgan fingerprint density at radius 2 is 1.68 bits per heavy atom. The van der Waals surface area contributed by atoms with Crippen LogP contribution in [0.1, 0.15) is 82.5 Å². The van der Waals surface area contributed by atoms with Gasteiger partial charge in [0.15, 0.2) is 0 Å². The number of ether oxygens (including phenoxy) is 3. The molecule has 1 fully saturated rings. The number of carbonyl (C=O) groups is 2. The molecule has 3 N–H and O–H groups in total. The lowest BCUT2D eigenvalue weighted by atomic mass is 9.89. The van der Waals surface area contributed by atoms with Crippen molar-refractivity contribution >= 4 is 23.3 Å². The number of aliphatic hydroxyl groups is 1. The molecular weight excluding hydrogens is 596 g/mol. The van der Waals surface area contributed by atoms with Crippen molar-refractivity contribution < 1.29 is 28.9 Å². The van der Waals surface area contributed by atoms with Gasteiger partial charge in [-0.1, -0.05) is 26.2 Å². The first-order chi connectivity index (χ1) is 22.7. The number of carbonyl (C=O) groups excluding carboxylic acids is 2. The molecule has 0 saturated heterocycles. The fourth-order valence-corrected chi connectivity index (χ4v) is 6.62. The monoisotopic (exact) mass is 652 g/mol. The van der Waals surface area contributed by atoms with Crippen LogP contribution in [0.3, 0.4) is 0 Å². The third-order valence-electron chi connectivity index (χ3n) is 9.44. The number of urea groups is 1. The predicted octanol–water partition coefficient (Wildman–Crippen LogP) is 6.65. The van der Waals surface area contributed by atoms with Crippen molar-refractivity contribution in [3.05, 3.63) is 48.0 Å². The molecule has 0 radical (unpaired) electrons. The van der Waals surface area contributed by atoms with Crippen molar-refractivity contribution in [1.82, 2.24) is 9.80 Å². The van der Waals surface area contributed by atoms with Crippen molar-refractivity contribution in [2.24, 2.45) is 11.8 Å². The molecule has 2 aromatic carbocycles. The zero-order valence-electron chi connectivity index (χ0n) is 29.0. The summed E-state index contributed by atoms with van der Waals surface area (Å²) in [6.45, 7) is 8.74. The van der Waals surface area contributed by atoms with Gasteiger partial charge in [0.2, 0.25) is 0 Å². The minimum atomic E-state index is -0.440. The highest BCUT2D eigenvalue weighted by Crippen LogP contribution is 2.29. The lowest BCUT2D eigenvalue weighted by molar-refractivity contribution is -0.0190. The zero-order chi connectivity index (χ0) is 33.8. The summed E-state index contributed by atoms with van der Waals surface area (Å²) in [5.74, 6) is 1.64. The number of nitrogens with one attached hydrogen (secondary N) is 2. The van der Waals surface area contributed by atoms with E-state index in [2.05, 4.69) is 29.5 Å². The van der Waals surface area contributed by atoms with Crippen molar-refractivity contribution in [3.8, 4) is 11.5 Å². The van der Waals surface area contributed by atoms with E-state index in [4.69, 9.17) is 14.2 Å². The third kappa shape index (κ3) is 11.1. The number of anilines is 2. The molecule has 0 aromatic heterocycles. The molecule has 0 bridgehead atoms. The number of amides is 3. The van der Waals surface area contributed by atoms with Gasteiger partial charge in [0, 0.05) is 43.5 Å². The lowest BCUT2D eigenvalue weighted by Gasteiger charge is -2.36. The van der Waals surface area contributed by atoms with Crippen molar-refractivity contribution in [1.29, 1.82) is 0 Å². The van der Waals surface area contributed by atoms with E-state index in [1.807, 2.05) is 13.8 Å². The summed E-state index contributed by atoms with van der Waals surface area (Å²) in [7, 11) is 3.77. The second kappa shape index (κ2) is 18.3. The Bertz CT molecular complexity index is 1270. The fourth-order valence-electron chi connectivity index (χ4n) is 6.62. The molecule has 4 rings (SSSR count). The maximum atomic E-state index is 14.4. The average Bonchev–Trinajstić information content (AvgIpc) is 3.06. The highest BCUT2D eigenvalue weighted by molar-refractivity contribution is 6.02. The van der Waals surface area contributed by atoms with Crippen LogP contribution in [0.2, 0.25) is 0 Å². The maximum absolute atomic E-state index is 14.4. The minimum Gasteiger partial charge on any atom is -0.497 e. The van der Waals surface area contributed by atoms with Gasteiger partial charge in [-0.05, 0) is 101 Å². The smallest absolute Gasteiger partial charge is 0.323 e. The SMILES string of the molecule is COc1ccc(NC(=O)Nc2ccc3c(c2)C(=O)N([C@@H](C)CO)C[C@H](C)[C@H](CN(C)CC2CCCCC2)OCCCC[C@@H](C)O3)cc1. The lowest BCUT2D eigenvalue weighted by Crippen LogP contribution is -2.47.